The van der Waals surface area contributed by atoms with E-state index in [4.69, 9.17) is 0 Å². The smallest absolute Gasteiger partial charge is 0.355 e. The van der Waals surface area contributed by atoms with Gasteiger partial charge in [0.15, 0.2) is 0 Å². The Labute approximate surface area is 185 Å². The third-order valence-corrected chi connectivity index (χ3v) is 7.31. The standard InChI is InChI=1S/C22H24F3N3O3S/c1-32(30,31)28-12-9-16(14-28)21(29)27-11-10-19-15(13-27)3-2-4-20(19)26-18-7-5-17(6-8-18)22(23,24)25/h2-8,16,26H,9-14H2,1H3. The van der Waals surface area contributed by atoms with Gasteiger partial charge in [0.1, 0.15) is 0 Å². The summed E-state index contributed by atoms with van der Waals surface area (Å²) in [7, 11) is -3.30. The zero-order valence-corrected chi connectivity index (χ0v) is 18.3. The number of sulfonamides is 1. The van der Waals surface area contributed by atoms with E-state index < -0.39 is 21.8 Å². The molecule has 6 nitrogen and oxygen atoms in total. The zero-order chi connectivity index (χ0) is 23.1. The number of nitrogens with one attached hydrogen (secondary N) is 1. The summed E-state index contributed by atoms with van der Waals surface area (Å²) in [6, 6.07) is 10.5. The molecular weight excluding hydrogens is 443 g/mol. The lowest BCUT2D eigenvalue weighted by molar-refractivity contribution is -0.137. The van der Waals surface area contributed by atoms with Gasteiger partial charge >= 0.3 is 6.18 Å². The highest BCUT2D eigenvalue weighted by atomic mass is 32.2. The number of halogens is 3. The van der Waals surface area contributed by atoms with Gasteiger partial charge in [-0.3, -0.25) is 4.79 Å². The summed E-state index contributed by atoms with van der Waals surface area (Å²) < 4.78 is 63.2. The highest BCUT2D eigenvalue weighted by Gasteiger charge is 2.36. The van der Waals surface area contributed by atoms with Gasteiger partial charge in [0.2, 0.25) is 15.9 Å². The largest absolute Gasteiger partial charge is 0.416 e. The van der Waals surface area contributed by atoms with Crippen molar-refractivity contribution in [3.63, 3.8) is 0 Å². The Balaban J connectivity index is 1.45. The van der Waals surface area contributed by atoms with E-state index in [1.807, 2.05) is 18.2 Å². The molecule has 172 valence electrons. The van der Waals surface area contributed by atoms with Gasteiger partial charge < -0.3 is 10.2 Å². The average molecular weight is 468 g/mol. The van der Waals surface area contributed by atoms with Gasteiger partial charge in [-0.05, 0) is 54.3 Å². The Kier molecular flexibility index (Phi) is 5.93. The van der Waals surface area contributed by atoms with Crippen LogP contribution in [0.3, 0.4) is 0 Å². The van der Waals surface area contributed by atoms with Crippen LogP contribution in [-0.2, 0) is 34.0 Å². The minimum absolute atomic E-state index is 0.0390. The van der Waals surface area contributed by atoms with E-state index in [0.29, 0.717) is 38.2 Å². The maximum Gasteiger partial charge on any atom is 0.416 e. The number of amides is 1. The summed E-state index contributed by atoms with van der Waals surface area (Å²) in [5, 5.41) is 3.19. The maximum absolute atomic E-state index is 13.0. The molecule has 0 aromatic heterocycles. The molecule has 0 radical (unpaired) electrons. The van der Waals surface area contributed by atoms with E-state index in [1.165, 1.54) is 16.4 Å². The molecule has 0 aliphatic carbocycles. The van der Waals surface area contributed by atoms with E-state index in [2.05, 4.69) is 5.32 Å². The molecule has 2 aliphatic heterocycles. The van der Waals surface area contributed by atoms with Gasteiger partial charge in [-0.1, -0.05) is 12.1 Å². The van der Waals surface area contributed by atoms with Gasteiger partial charge in [-0.2, -0.15) is 13.2 Å². The quantitative estimate of drug-likeness (QED) is 0.746. The molecule has 1 N–H and O–H groups in total. The van der Waals surface area contributed by atoms with Crippen molar-refractivity contribution in [2.24, 2.45) is 5.92 Å². The van der Waals surface area contributed by atoms with Crippen molar-refractivity contribution < 1.29 is 26.4 Å². The molecule has 0 saturated carbocycles. The second-order valence-electron chi connectivity index (χ2n) is 8.26. The second kappa shape index (κ2) is 8.40. The predicted octanol–water partition coefficient (Wildman–Crippen LogP) is 3.62. The van der Waals surface area contributed by atoms with Crippen molar-refractivity contribution in [1.29, 1.82) is 0 Å². The predicted molar refractivity (Wildman–Crippen MR) is 115 cm³/mol. The topological polar surface area (TPSA) is 69.7 Å². The van der Waals surface area contributed by atoms with E-state index in [1.54, 1.807) is 4.90 Å². The van der Waals surface area contributed by atoms with Gasteiger partial charge in [-0.25, -0.2) is 12.7 Å². The molecule has 4 rings (SSSR count). The second-order valence-corrected chi connectivity index (χ2v) is 10.2. The molecule has 2 aliphatic rings. The van der Waals surface area contributed by atoms with Crippen LogP contribution in [0.2, 0.25) is 0 Å². The summed E-state index contributed by atoms with van der Waals surface area (Å²) in [6.07, 6.45) is -2.10. The number of anilines is 2. The van der Waals surface area contributed by atoms with Crippen LogP contribution in [0.15, 0.2) is 42.5 Å². The molecular formula is C22H24F3N3O3S. The molecule has 2 aromatic carbocycles. The van der Waals surface area contributed by atoms with E-state index in [-0.39, 0.29) is 18.4 Å². The Morgan fingerprint density at radius 3 is 2.44 bits per heavy atom. The van der Waals surface area contributed by atoms with Crippen molar-refractivity contribution >= 4 is 27.3 Å². The first-order valence-electron chi connectivity index (χ1n) is 10.3. The monoisotopic (exact) mass is 467 g/mol. The fraction of sp³-hybridized carbons (Fsp3) is 0.409. The lowest BCUT2D eigenvalue weighted by Crippen LogP contribution is -2.41. The number of carbonyl (C=O) groups excluding carboxylic acids is 1. The first-order valence-corrected chi connectivity index (χ1v) is 12.2. The minimum atomic E-state index is -4.38. The molecule has 0 spiro atoms. The molecule has 32 heavy (non-hydrogen) atoms. The Morgan fingerprint density at radius 2 is 1.81 bits per heavy atom. The number of hydrogen-bond donors (Lipinski definition) is 1. The van der Waals surface area contributed by atoms with Crippen LogP contribution in [0.4, 0.5) is 24.5 Å². The summed E-state index contributed by atoms with van der Waals surface area (Å²) >= 11 is 0. The molecule has 1 fully saturated rings. The first-order chi connectivity index (χ1) is 15.0. The van der Waals surface area contributed by atoms with Crippen LogP contribution in [0.5, 0.6) is 0 Å². The Morgan fingerprint density at radius 1 is 1.09 bits per heavy atom. The number of benzene rings is 2. The lowest BCUT2D eigenvalue weighted by Gasteiger charge is -2.32. The van der Waals surface area contributed by atoms with Crippen molar-refractivity contribution in [3.8, 4) is 0 Å². The van der Waals surface area contributed by atoms with Gasteiger partial charge in [-0.15, -0.1) is 0 Å². The van der Waals surface area contributed by atoms with E-state index in [9.17, 15) is 26.4 Å². The Bertz CT molecular complexity index is 1120. The molecule has 2 aromatic rings. The summed E-state index contributed by atoms with van der Waals surface area (Å²) in [5.41, 5.74) is 2.66. The van der Waals surface area contributed by atoms with Crippen molar-refractivity contribution in [3.05, 3.63) is 59.2 Å². The third-order valence-electron chi connectivity index (χ3n) is 6.04. The van der Waals surface area contributed by atoms with Crippen LogP contribution in [0, 0.1) is 5.92 Å². The third kappa shape index (κ3) is 4.75. The summed E-state index contributed by atoms with van der Waals surface area (Å²) in [4.78, 5) is 14.7. The van der Waals surface area contributed by atoms with Crippen LogP contribution in [0.1, 0.15) is 23.1 Å². The number of hydrogen-bond acceptors (Lipinski definition) is 4. The van der Waals surface area contributed by atoms with Crippen LogP contribution < -0.4 is 5.32 Å². The molecule has 1 saturated heterocycles. The number of carbonyl (C=O) groups is 1. The van der Waals surface area contributed by atoms with Crippen molar-refractivity contribution in [2.45, 2.75) is 25.6 Å². The highest BCUT2D eigenvalue weighted by molar-refractivity contribution is 7.88. The normalized spacial score (nSPS) is 19.6. The fourth-order valence-corrected chi connectivity index (χ4v) is 5.19. The average Bonchev–Trinajstić information content (AvgIpc) is 3.24. The molecule has 1 amide bonds. The van der Waals surface area contributed by atoms with Crippen molar-refractivity contribution in [2.75, 3.05) is 31.2 Å². The van der Waals surface area contributed by atoms with Gasteiger partial charge in [0.05, 0.1) is 17.7 Å². The van der Waals surface area contributed by atoms with Crippen molar-refractivity contribution in [1.82, 2.24) is 9.21 Å². The SMILES string of the molecule is CS(=O)(=O)N1CCC(C(=O)N2CCc3c(cccc3Nc3ccc(C(F)(F)F)cc3)C2)C1. The van der Waals surface area contributed by atoms with E-state index >= 15 is 0 Å². The molecule has 10 heteroatoms. The fourth-order valence-electron chi connectivity index (χ4n) is 4.30. The lowest BCUT2D eigenvalue weighted by atomic mass is 9.96. The van der Waals surface area contributed by atoms with Crippen LogP contribution >= 0.6 is 0 Å². The molecule has 2 heterocycles. The van der Waals surface area contributed by atoms with Gasteiger partial charge in [0, 0.05) is 37.6 Å². The van der Waals surface area contributed by atoms with Crippen LogP contribution in [-0.4, -0.2) is 49.4 Å². The summed E-state index contributed by atoms with van der Waals surface area (Å²) in [5.74, 6) is -0.373. The molecule has 1 unspecified atom stereocenters. The minimum Gasteiger partial charge on any atom is -0.355 e. The number of rotatable bonds is 4. The molecule has 1 atom stereocenters. The van der Waals surface area contributed by atoms with E-state index in [0.717, 1.165) is 35.2 Å². The molecule has 0 bridgehead atoms. The van der Waals surface area contributed by atoms with Crippen LogP contribution in [0.25, 0.3) is 0 Å². The number of alkyl halides is 3. The highest BCUT2D eigenvalue weighted by Crippen LogP contribution is 2.33. The number of nitrogens with zero attached hydrogens (tertiary/aromatic N) is 2. The van der Waals surface area contributed by atoms with Gasteiger partial charge in [0.25, 0.3) is 0 Å². The summed E-state index contributed by atoms with van der Waals surface area (Å²) in [6.45, 7) is 1.51. The Hall–Kier alpha value is -2.59. The first kappa shape index (κ1) is 22.6. The maximum atomic E-state index is 13.0. The zero-order valence-electron chi connectivity index (χ0n) is 17.5. The number of fused-ring (bicyclic) bond motifs is 1.